The van der Waals surface area contributed by atoms with Crippen molar-refractivity contribution < 1.29 is 32.7 Å². The number of pyridine rings is 1. The van der Waals surface area contributed by atoms with Crippen LogP contribution in [0, 0.1) is 0 Å². The van der Waals surface area contributed by atoms with E-state index in [2.05, 4.69) is 35.9 Å². The molecule has 0 aliphatic heterocycles. The number of hydrogen-bond acceptors (Lipinski definition) is 9. The molecular weight excluding hydrogens is 515 g/mol. The monoisotopic (exact) mass is 529 g/mol. The Morgan fingerprint density at radius 3 is 2.46 bits per heavy atom. The van der Waals surface area contributed by atoms with Crippen molar-refractivity contribution in [2.75, 3.05) is 10.6 Å². The van der Waals surface area contributed by atoms with Crippen LogP contribution in [0.2, 0.25) is 5.02 Å². The smallest absolute Gasteiger partial charge is 0.418 e. The number of aromatic hydroxyl groups is 1. The molecule has 184 valence electrons. The van der Waals surface area contributed by atoms with Crippen molar-refractivity contribution in [3.63, 3.8) is 0 Å². The van der Waals surface area contributed by atoms with Gasteiger partial charge in [0.25, 0.3) is 11.8 Å². The van der Waals surface area contributed by atoms with Gasteiger partial charge in [-0.25, -0.2) is 19.9 Å². The van der Waals surface area contributed by atoms with Crippen molar-refractivity contribution in [3.05, 3.63) is 51.0 Å². The quantitative estimate of drug-likeness (QED) is 0.378. The minimum absolute atomic E-state index is 0.0317. The molecule has 0 fully saturated rings. The van der Waals surface area contributed by atoms with Crippen LogP contribution >= 0.6 is 22.9 Å². The lowest BCUT2D eigenvalue weighted by molar-refractivity contribution is -0.137. The first-order valence-corrected chi connectivity index (χ1v) is 10.7. The van der Waals surface area contributed by atoms with Gasteiger partial charge in [-0.3, -0.25) is 14.4 Å². The van der Waals surface area contributed by atoms with E-state index in [-0.39, 0.29) is 21.5 Å². The maximum absolute atomic E-state index is 13.0. The van der Waals surface area contributed by atoms with Gasteiger partial charge in [-0.15, -0.1) is 11.3 Å². The largest absolute Gasteiger partial charge is 0.503 e. The summed E-state index contributed by atoms with van der Waals surface area (Å²) in [5.41, 5.74) is -1.56. The van der Waals surface area contributed by atoms with Gasteiger partial charge in [0.1, 0.15) is 22.0 Å². The van der Waals surface area contributed by atoms with Gasteiger partial charge in [-0.2, -0.15) is 13.2 Å². The van der Waals surface area contributed by atoms with Gasteiger partial charge in [0, 0.05) is 13.1 Å². The first-order chi connectivity index (χ1) is 16.4. The topological polar surface area (TPSA) is 159 Å². The van der Waals surface area contributed by atoms with E-state index >= 15 is 0 Å². The first kappa shape index (κ1) is 25.8. The van der Waals surface area contributed by atoms with E-state index in [4.69, 9.17) is 11.6 Å². The van der Waals surface area contributed by atoms with Crippen molar-refractivity contribution in [2.24, 2.45) is 0 Å². The van der Waals surface area contributed by atoms with Crippen molar-refractivity contribution in [1.82, 2.24) is 25.3 Å². The SMILES string of the molecule is CC(=O)Nc1ncnc(C(=O)NC(C)c2ncc(C(=O)Nc3cc(C(F)(F)F)c(Cl)cn3)s2)c1O. The molecule has 0 aliphatic carbocycles. The number of nitrogens with zero attached hydrogens (tertiary/aromatic N) is 4. The Labute approximate surface area is 203 Å². The average Bonchev–Trinajstić information content (AvgIpc) is 3.26. The zero-order valence-corrected chi connectivity index (χ0v) is 19.3. The number of carbonyl (C=O) groups excluding carboxylic acids is 3. The summed E-state index contributed by atoms with van der Waals surface area (Å²) in [5.74, 6) is -3.35. The number of aromatic nitrogens is 4. The molecule has 3 heterocycles. The lowest BCUT2D eigenvalue weighted by Crippen LogP contribution is -2.27. The lowest BCUT2D eigenvalue weighted by Gasteiger charge is -2.12. The van der Waals surface area contributed by atoms with Gasteiger partial charge in [0.15, 0.2) is 17.3 Å². The Bertz CT molecular complexity index is 1300. The highest BCUT2D eigenvalue weighted by Gasteiger charge is 2.34. The molecule has 3 aromatic heterocycles. The fourth-order valence-electron chi connectivity index (χ4n) is 2.62. The van der Waals surface area contributed by atoms with Gasteiger partial charge < -0.3 is 21.1 Å². The number of thiazole rings is 1. The summed E-state index contributed by atoms with van der Waals surface area (Å²) >= 11 is 6.39. The van der Waals surface area contributed by atoms with Crippen molar-refractivity contribution in [3.8, 4) is 5.75 Å². The van der Waals surface area contributed by atoms with Crippen LogP contribution in [-0.4, -0.2) is 42.8 Å². The number of amides is 3. The number of anilines is 2. The number of carbonyl (C=O) groups is 3. The predicted octanol–water partition coefficient (Wildman–Crippen LogP) is 3.41. The zero-order chi connectivity index (χ0) is 25.9. The minimum atomic E-state index is -4.73. The van der Waals surface area contributed by atoms with Crippen molar-refractivity contribution in [1.29, 1.82) is 0 Å². The third-order valence-corrected chi connectivity index (χ3v) is 5.68. The maximum Gasteiger partial charge on any atom is 0.418 e. The van der Waals surface area contributed by atoms with Crippen LogP contribution in [0.3, 0.4) is 0 Å². The van der Waals surface area contributed by atoms with Crippen LogP contribution in [-0.2, 0) is 11.0 Å². The molecule has 4 N–H and O–H groups in total. The fraction of sp³-hybridized carbons (Fsp3) is 0.211. The Kier molecular flexibility index (Phi) is 7.50. The Morgan fingerprint density at radius 2 is 1.80 bits per heavy atom. The van der Waals surface area contributed by atoms with Gasteiger partial charge in [0.2, 0.25) is 5.91 Å². The normalized spacial score (nSPS) is 12.1. The summed E-state index contributed by atoms with van der Waals surface area (Å²) in [6, 6.07) is -0.146. The highest BCUT2D eigenvalue weighted by Crippen LogP contribution is 2.35. The summed E-state index contributed by atoms with van der Waals surface area (Å²) in [6.45, 7) is 2.74. The molecule has 0 aromatic carbocycles. The maximum atomic E-state index is 13.0. The zero-order valence-electron chi connectivity index (χ0n) is 17.8. The van der Waals surface area contributed by atoms with Gasteiger partial charge in [-0.05, 0) is 13.0 Å². The molecule has 16 heteroatoms. The third-order valence-electron chi connectivity index (χ3n) is 4.20. The second-order valence-electron chi connectivity index (χ2n) is 6.86. The number of rotatable bonds is 6. The van der Waals surface area contributed by atoms with Gasteiger partial charge in [-0.1, -0.05) is 11.6 Å². The van der Waals surface area contributed by atoms with Crippen LogP contribution in [0.25, 0.3) is 0 Å². The Hall–Kier alpha value is -3.85. The molecule has 1 atom stereocenters. The van der Waals surface area contributed by atoms with Crippen LogP contribution in [0.5, 0.6) is 5.75 Å². The molecule has 0 saturated carbocycles. The molecule has 0 bridgehead atoms. The molecule has 1 unspecified atom stereocenters. The molecule has 35 heavy (non-hydrogen) atoms. The summed E-state index contributed by atoms with van der Waals surface area (Å²) in [6.07, 6.45) is -1.80. The molecule has 3 amide bonds. The molecule has 0 aliphatic rings. The summed E-state index contributed by atoms with van der Waals surface area (Å²) in [7, 11) is 0. The second-order valence-corrected chi connectivity index (χ2v) is 8.33. The van der Waals surface area contributed by atoms with Gasteiger partial charge >= 0.3 is 6.18 Å². The van der Waals surface area contributed by atoms with E-state index in [1.165, 1.54) is 13.1 Å². The van der Waals surface area contributed by atoms with Gasteiger partial charge in [0.05, 0.1) is 22.8 Å². The highest BCUT2D eigenvalue weighted by molar-refractivity contribution is 7.13. The van der Waals surface area contributed by atoms with E-state index < -0.39 is 52.0 Å². The number of nitrogens with one attached hydrogen (secondary N) is 3. The van der Waals surface area contributed by atoms with Crippen LogP contribution in [0.4, 0.5) is 24.8 Å². The molecule has 0 saturated heterocycles. The number of alkyl halides is 3. The molecular formula is C19H15ClF3N7O4S. The molecule has 0 radical (unpaired) electrons. The summed E-state index contributed by atoms with van der Waals surface area (Å²) < 4.78 is 39.0. The standard InChI is InChI=1S/C19H15ClF3N7O4S/c1-7(28-17(34)13-14(32)15(27-6-26-13)29-8(2)31)18-25-5-11(35-18)16(33)30-12-3-9(19(21,22)23)10(20)4-24-12/h3-7,32H,1-2H3,(H,28,34)(H,24,30,33)(H,26,27,29,31). The highest BCUT2D eigenvalue weighted by atomic mass is 35.5. The predicted molar refractivity (Wildman–Crippen MR) is 118 cm³/mol. The van der Waals surface area contributed by atoms with E-state index in [0.29, 0.717) is 6.07 Å². The lowest BCUT2D eigenvalue weighted by atomic mass is 10.2. The van der Waals surface area contributed by atoms with Crippen LogP contribution in [0.15, 0.2) is 24.8 Å². The van der Waals surface area contributed by atoms with Crippen LogP contribution < -0.4 is 16.0 Å². The van der Waals surface area contributed by atoms with E-state index in [0.717, 1.165) is 23.9 Å². The average molecular weight is 530 g/mol. The molecule has 11 nitrogen and oxygen atoms in total. The fourth-order valence-corrected chi connectivity index (χ4v) is 3.65. The van der Waals surface area contributed by atoms with Crippen LogP contribution in [0.1, 0.15) is 50.6 Å². The number of halogens is 4. The van der Waals surface area contributed by atoms with E-state index in [9.17, 15) is 32.7 Å². The first-order valence-electron chi connectivity index (χ1n) is 9.49. The number of hydrogen-bond donors (Lipinski definition) is 4. The third kappa shape index (κ3) is 6.19. The van der Waals surface area contributed by atoms with E-state index in [1.54, 1.807) is 6.92 Å². The van der Waals surface area contributed by atoms with E-state index in [1.807, 2.05) is 0 Å². The summed E-state index contributed by atoms with van der Waals surface area (Å²) in [5, 5.41) is 16.8. The van der Waals surface area contributed by atoms with Crippen molar-refractivity contribution in [2.45, 2.75) is 26.1 Å². The van der Waals surface area contributed by atoms with Crippen molar-refractivity contribution >= 4 is 52.3 Å². The Morgan fingerprint density at radius 1 is 1.09 bits per heavy atom. The summed E-state index contributed by atoms with van der Waals surface area (Å²) in [4.78, 5) is 51.3. The molecule has 3 rings (SSSR count). The molecule has 3 aromatic rings. The molecule has 0 spiro atoms. The second kappa shape index (κ2) is 10.2. The minimum Gasteiger partial charge on any atom is -0.503 e. The Balaban J connectivity index is 1.70.